The lowest BCUT2D eigenvalue weighted by Crippen LogP contribution is -2.10. The second-order valence-corrected chi connectivity index (χ2v) is 3.86. The zero-order chi connectivity index (χ0) is 11.1. The molecule has 84 valence electrons. The van der Waals surface area contributed by atoms with Crippen LogP contribution < -0.4 is 5.32 Å². The molecule has 0 fully saturated rings. The molecule has 1 N–H and O–H groups in total. The van der Waals surface area contributed by atoms with E-state index in [-0.39, 0.29) is 0 Å². The van der Waals surface area contributed by atoms with Crippen LogP contribution in [0.3, 0.4) is 0 Å². The van der Waals surface area contributed by atoms with Crippen LogP contribution in [0.15, 0.2) is 18.2 Å². The smallest absolute Gasteiger partial charge is 0.0639 e. The highest BCUT2D eigenvalue weighted by Crippen LogP contribution is 2.22. The summed E-state index contributed by atoms with van der Waals surface area (Å²) in [5.74, 6) is 0. The van der Waals surface area contributed by atoms with Crippen molar-refractivity contribution in [3.63, 3.8) is 0 Å². The van der Waals surface area contributed by atoms with Crippen LogP contribution in [0.1, 0.15) is 18.9 Å². The number of ether oxygens (including phenoxy) is 1. The van der Waals surface area contributed by atoms with Gasteiger partial charge >= 0.3 is 0 Å². The molecule has 1 aromatic rings. The molecule has 0 aromatic heterocycles. The summed E-state index contributed by atoms with van der Waals surface area (Å²) in [6.07, 6.45) is 1.07. The number of nitrogens with one attached hydrogen (secondary N) is 1. The Morgan fingerprint density at radius 2 is 2.13 bits per heavy atom. The van der Waals surface area contributed by atoms with E-state index >= 15 is 0 Å². The van der Waals surface area contributed by atoms with Gasteiger partial charge in [-0.15, -0.1) is 0 Å². The standard InChI is InChI=1S/C12H18ClNO/c1-3-8-15-9-7-14-12-6-4-5-11(13)10(12)2/h4-6,14H,3,7-9H2,1-2H3. The zero-order valence-electron chi connectivity index (χ0n) is 9.35. The lowest BCUT2D eigenvalue weighted by Gasteiger charge is -2.10. The van der Waals surface area contributed by atoms with Crippen molar-refractivity contribution in [3.8, 4) is 0 Å². The largest absolute Gasteiger partial charge is 0.382 e. The van der Waals surface area contributed by atoms with Gasteiger partial charge in [0.25, 0.3) is 0 Å². The van der Waals surface area contributed by atoms with Gasteiger partial charge in [-0.2, -0.15) is 0 Å². The second-order valence-electron chi connectivity index (χ2n) is 3.45. The van der Waals surface area contributed by atoms with Gasteiger partial charge in [-0.05, 0) is 31.0 Å². The predicted molar refractivity (Wildman–Crippen MR) is 65.8 cm³/mol. The van der Waals surface area contributed by atoms with Crippen LogP contribution in [0.2, 0.25) is 5.02 Å². The van der Waals surface area contributed by atoms with E-state index in [1.165, 1.54) is 0 Å². The van der Waals surface area contributed by atoms with Crippen molar-refractivity contribution >= 4 is 17.3 Å². The highest BCUT2D eigenvalue weighted by Gasteiger charge is 2.00. The van der Waals surface area contributed by atoms with Crippen molar-refractivity contribution in [1.29, 1.82) is 0 Å². The normalized spacial score (nSPS) is 10.3. The van der Waals surface area contributed by atoms with Gasteiger partial charge in [-0.25, -0.2) is 0 Å². The lowest BCUT2D eigenvalue weighted by atomic mass is 10.2. The topological polar surface area (TPSA) is 21.3 Å². The molecule has 0 spiro atoms. The summed E-state index contributed by atoms with van der Waals surface area (Å²) >= 11 is 6.01. The molecule has 1 rings (SSSR count). The quantitative estimate of drug-likeness (QED) is 0.752. The fourth-order valence-corrected chi connectivity index (χ4v) is 1.48. The van der Waals surface area contributed by atoms with Gasteiger partial charge in [-0.3, -0.25) is 0 Å². The Hall–Kier alpha value is -0.730. The minimum absolute atomic E-state index is 0.736. The summed E-state index contributed by atoms with van der Waals surface area (Å²) in [4.78, 5) is 0. The Morgan fingerprint density at radius 3 is 2.87 bits per heavy atom. The Labute approximate surface area is 96.6 Å². The zero-order valence-corrected chi connectivity index (χ0v) is 10.1. The van der Waals surface area contributed by atoms with Crippen molar-refractivity contribution < 1.29 is 4.74 Å². The first-order chi connectivity index (χ1) is 7.25. The first-order valence-corrected chi connectivity index (χ1v) is 5.70. The average molecular weight is 228 g/mol. The molecule has 0 aliphatic carbocycles. The Morgan fingerprint density at radius 1 is 1.33 bits per heavy atom. The van der Waals surface area contributed by atoms with Crippen molar-refractivity contribution in [3.05, 3.63) is 28.8 Å². The fourth-order valence-electron chi connectivity index (χ4n) is 1.30. The summed E-state index contributed by atoms with van der Waals surface area (Å²) in [6.45, 7) is 6.50. The lowest BCUT2D eigenvalue weighted by molar-refractivity contribution is 0.144. The Balaban J connectivity index is 2.34. The Bertz CT molecular complexity index is 302. The van der Waals surface area contributed by atoms with Crippen LogP contribution in [-0.2, 0) is 4.74 Å². The van der Waals surface area contributed by atoms with Gasteiger partial charge in [0.05, 0.1) is 6.61 Å². The van der Waals surface area contributed by atoms with E-state index in [4.69, 9.17) is 16.3 Å². The van der Waals surface area contributed by atoms with Gasteiger partial charge in [-0.1, -0.05) is 24.6 Å². The van der Waals surface area contributed by atoms with Gasteiger partial charge in [0.2, 0.25) is 0 Å². The molecule has 0 atom stereocenters. The molecule has 0 heterocycles. The van der Waals surface area contributed by atoms with Crippen molar-refractivity contribution in [2.24, 2.45) is 0 Å². The van der Waals surface area contributed by atoms with Gasteiger partial charge in [0.15, 0.2) is 0 Å². The van der Waals surface area contributed by atoms with Crippen LogP contribution in [0, 0.1) is 6.92 Å². The first kappa shape index (κ1) is 12.3. The average Bonchev–Trinajstić information content (AvgIpc) is 2.24. The van der Waals surface area contributed by atoms with Gasteiger partial charge in [0, 0.05) is 23.9 Å². The molecule has 1 aromatic carbocycles. The highest BCUT2D eigenvalue weighted by molar-refractivity contribution is 6.31. The molecular formula is C12H18ClNO. The second kappa shape index (κ2) is 6.70. The van der Waals surface area contributed by atoms with Crippen molar-refractivity contribution in [2.75, 3.05) is 25.1 Å². The molecule has 2 nitrogen and oxygen atoms in total. The summed E-state index contributed by atoms with van der Waals surface area (Å²) in [6, 6.07) is 5.88. The first-order valence-electron chi connectivity index (χ1n) is 5.32. The number of rotatable bonds is 6. The van der Waals surface area contributed by atoms with E-state index in [0.29, 0.717) is 0 Å². The van der Waals surface area contributed by atoms with Gasteiger partial charge < -0.3 is 10.1 Å². The summed E-state index contributed by atoms with van der Waals surface area (Å²) in [5.41, 5.74) is 2.18. The van der Waals surface area contributed by atoms with E-state index in [1.54, 1.807) is 0 Å². The number of hydrogen-bond acceptors (Lipinski definition) is 2. The third-order valence-electron chi connectivity index (χ3n) is 2.18. The molecular weight excluding hydrogens is 210 g/mol. The molecule has 0 aliphatic rings. The summed E-state index contributed by atoms with van der Waals surface area (Å²) in [5, 5.41) is 4.10. The molecule has 0 unspecified atom stereocenters. The van der Waals surface area contributed by atoms with Crippen LogP contribution in [-0.4, -0.2) is 19.8 Å². The summed E-state index contributed by atoms with van der Waals surface area (Å²) < 4.78 is 5.38. The van der Waals surface area contributed by atoms with E-state index in [0.717, 1.165) is 42.5 Å². The van der Waals surface area contributed by atoms with E-state index in [9.17, 15) is 0 Å². The number of hydrogen-bond donors (Lipinski definition) is 1. The minimum atomic E-state index is 0.736. The maximum Gasteiger partial charge on any atom is 0.0639 e. The fraction of sp³-hybridized carbons (Fsp3) is 0.500. The van der Waals surface area contributed by atoms with Crippen LogP contribution in [0.25, 0.3) is 0 Å². The Kier molecular flexibility index (Phi) is 5.51. The van der Waals surface area contributed by atoms with Crippen molar-refractivity contribution in [1.82, 2.24) is 0 Å². The van der Waals surface area contributed by atoms with E-state index in [1.807, 2.05) is 25.1 Å². The molecule has 0 bridgehead atoms. The van der Waals surface area contributed by atoms with Crippen molar-refractivity contribution in [2.45, 2.75) is 20.3 Å². The molecule has 0 radical (unpaired) electrons. The number of halogens is 1. The molecule has 0 aliphatic heterocycles. The third-order valence-corrected chi connectivity index (χ3v) is 2.59. The third kappa shape index (κ3) is 4.10. The molecule has 0 amide bonds. The number of anilines is 1. The maximum absolute atomic E-state index is 6.01. The SMILES string of the molecule is CCCOCCNc1cccc(Cl)c1C. The minimum Gasteiger partial charge on any atom is -0.382 e. The van der Waals surface area contributed by atoms with Crippen LogP contribution in [0.4, 0.5) is 5.69 Å². The predicted octanol–water partition coefficient (Wildman–Crippen LogP) is 3.49. The van der Waals surface area contributed by atoms with Crippen LogP contribution in [0.5, 0.6) is 0 Å². The molecule has 3 heteroatoms. The maximum atomic E-state index is 6.01. The van der Waals surface area contributed by atoms with Gasteiger partial charge in [0.1, 0.15) is 0 Å². The number of benzene rings is 1. The molecule has 0 saturated carbocycles. The van der Waals surface area contributed by atoms with E-state index < -0.39 is 0 Å². The molecule has 0 saturated heterocycles. The monoisotopic (exact) mass is 227 g/mol. The van der Waals surface area contributed by atoms with E-state index in [2.05, 4.69) is 12.2 Å². The summed E-state index contributed by atoms with van der Waals surface area (Å²) in [7, 11) is 0. The highest BCUT2D eigenvalue weighted by atomic mass is 35.5. The molecule has 15 heavy (non-hydrogen) atoms. The van der Waals surface area contributed by atoms with Crippen LogP contribution >= 0.6 is 11.6 Å².